The molecule has 1 saturated heterocycles. The van der Waals surface area contributed by atoms with Gasteiger partial charge in [-0.2, -0.15) is 4.98 Å². The lowest BCUT2D eigenvalue weighted by atomic mass is 9.89. The summed E-state index contributed by atoms with van der Waals surface area (Å²) in [5.41, 5.74) is 4.64. The van der Waals surface area contributed by atoms with E-state index in [0.29, 0.717) is 52.5 Å². The van der Waals surface area contributed by atoms with Crippen molar-refractivity contribution in [1.29, 1.82) is 0 Å². The molecule has 1 aliphatic rings. The Balaban J connectivity index is 1.42. The molecule has 35 heavy (non-hydrogen) atoms. The fourth-order valence-electron chi connectivity index (χ4n) is 4.74. The number of oxazole rings is 1. The number of anilines is 1. The lowest BCUT2D eigenvalue weighted by Crippen LogP contribution is -2.51. The van der Waals surface area contributed by atoms with Crippen molar-refractivity contribution in [2.45, 2.75) is 39.7 Å². The molecule has 0 spiro atoms. The first kappa shape index (κ1) is 23.3. The minimum atomic E-state index is -0.0124. The number of fused-ring (bicyclic) bond motifs is 1. The molecule has 4 aromatic rings. The van der Waals surface area contributed by atoms with Gasteiger partial charge in [0.05, 0.1) is 11.6 Å². The zero-order valence-electron chi connectivity index (χ0n) is 20.1. The standard InChI is InChI=1S/C27H28ClN5O2/c1-16-6-8-20(25-29-11-10-18(3)31-25)21(13-16)26(34)33-12-4-5-17(2)23(33)15-30-27-32-22-14-19(28)7-9-24(22)35-27/h6-11,13-14,17,23H,4-5,12,15H2,1-3H3,(H,30,32)/t17-,23-/m1/s1. The van der Waals surface area contributed by atoms with Crippen molar-refractivity contribution in [2.24, 2.45) is 5.92 Å². The van der Waals surface area contributed by atoms with Gasteiger partial charge in [-0.15, -0.1) is 0 Å². The van der Waals surface area contributed by atoms with Crippen molar-refractivity contribution >= 4 is 34.6 Å². The molecule has 1 aliphatic heterocycles. The maximum absolute atomic E-state index is 14.0. The fraction of sp³-hybridized carbons (Fsp3) is 0.333. The van der Waals surface area contributed by atoms with Crippen LogP contribution < -0.4 is 5.32 Å². The van der Waals surface area contributed by atoms with E-state index in [1.54, 1.807) is 18.3 Å². The minimum Gasteiger partial charge on any atom is -0.424 e. The first-order valence-corrected chi connectivity index (χ1v) is 12.3. The zero-order chi connectivity index (χ0) is 24.5. The number of nitrogens with zero attached hydrogens (tertiary/aromatic N) is 4. The molecule has 0 radical (unpaired) electrons. The number of halogens is 1. The van der Waals surface area contributed by atoms with Gasteiger partial charge in [0, 0.05) is 35.6 Å². The van der Waals surface area contributed by atoms with Crippen LogP contribution in [0.5, 0.6) is 0 Å². The Morgan fingerprint density at radius 1 is 1.17 bits per heavy atom. The van der Waals surface area contributed by atoms with E-state index in [1.165, 1.54) is 0 Å². The van der Waals surface area contributed by atoms with Crippen molar-refractivity contribution < 1.29 is 9.21 Å². The molecule has 0 unspecified atom stereocenters. The van der Waals surface area contributed by atoms with Gasteiger partial charge in [0.2, 0.25) is 0 Å². The number of amides is 1. The summed E-state index contributed by atoms with van der Waals surface area (Å²) in [4.78, 5) is 29.5. The van der Waals surface area contributed by atoms with E-state index >= 15 is 0 Å². The maximum atomic E-state index is 14.0. The molecule has 2 aromatic carbocycles. The van der Waals surface area contributed by atoms with Crippen LogP contribution in [0.3, 0.4) is 0 Å². The summed E-state index contributed by atoms with van der Waals surface area (Å²) in [6.07, 6.45) is 3.75. The van der Waals surface area contributed by atoms with Crippen LogP contribution >= 0.6 is 11.6 Å². The smallest absolute Gasteiger partial charge is 0.295 e. The molecule has 0 bridgehead atoms. The molecule has 0 aliphatic carbocycles. The number of hydrogen-bond donors (Lipinski definition) is 1. The number of hydrogen-bond acceptors (Lipinski definition) is 6. The summed E-state index contributed by atoms with van der Waals surface area (Å²) in [6.45, 7) is 7.35. The number of benzene rings is 2. The number of piperidine rings is 1. The molecule has 1 N–H and O–H groups in total. The predicted molar refractivity (Wildman–Crippen MR) is 138 cm³/mol. The second-order valence-electron chi connectivity index (χ2n) is 9.27. The molecule has 2 aromatic heterocycles. The zero-order valence-corrected chi connectivity index (χ0v) is 20.8. The summed E-state index contributed by atoms with van der Waals surface area (Å²) in [7, 11) is 0. The number of carbonyl (C=O) groups excluding carboxylic acids is 1. The predicted octanol–water partition coefficient (Wildman–Crippen LogP) is 5.91. The summed E-state index contributed by atoms with van der Waals surface area (Å²) < 4.78 is 5.83. The Labute approximate surface area is 209 Å². The second-order valence-corrected chi connectivity index (χ2v) is 9.70. The lowest BCUT2D eigenvalue weighted by Gasteiger charge is -2.40. The molecular formula is C27H28ClN5O2. The first-order chi connectivity index (χ1) is 16.9. The van der Waals surface area contributed by atoms with Crippen LogP contribution in [0.4, 0.5) is 6.01 Å². The largest absolute Gasteiger partial charge is 0.424 e. The van der Waals surface area contributed by atoms with Crippen molar-refractivity contribution in [3.8, 4) is 11.4 Å². The molecule has 8 heteroatoms. The SMILES string of the molecule is Cc1ccc(-c2nccc(C)n2)c(C(=O)N2CCC[C@@H](C)[C@H]2CNc2nc3cc(Cl)ccc3o2)c1. The monoisotopic (exact) mass is 489 g/mol. The van der Waals surface area contributed by atoms with E-state index in [0.717, 1.165) is 29.7 Å². The van der Waals surface area contributed by atoms with E-state index in [4.69, 9.17) is 16.0 Å². The van der Waals surface area contributed by atoms with E-state index in [9.17, 15) is 4.79 Å². The Morgan fingerprint density at radius 3 is 2.86 bits per heavy atom. The average molecular weight is 490 g/mol. The van der Waals surface area contributed by atoms with Crippen molar-refractivity contribution in [3.05, 3.63) is 70.5 Å². The van der Waals surface area contributed by atoms with Crippen LogP contribution in [-0.4, -0.2) is 44.9 Å². The molecule has 0 saturated carbocycles. The molecule has 2 atom stereocenters. The normalized spacial score (nSPS) is 18.1. The first-order valence-electron chi connectivity index (χ1n) is 11.9. The van der Waals surface area contributed by atoms with E-state index < -0.39 is 0 Å². The van der Waals surface area contributed by atoms with Gasteiger partial charge in [-0.1, -0.05) is 36.2 Å². The molecule has 3 heterocycles. The Bertz CT molecular complexity index is 1390. The van der Waals surface area contributed by atoms with Crippen LogP contribution in [-0.2, 0) is 0 Å². The highest BCUT2D eigenvalue weighted by molar-refractivity contribution is 6.31. The number of rotatable bonds is 5. The fourth-order valence-corrected chi connectivity index (χ4v) is 4.91. The quantitative estimate of drug-likeness (QED) is 0.375. The lowest BCUT2D eigenvalue weighted by molar-refractivity contribution is 0.0540. The third kappa shape index (κ3) is 4.86. The molecule has 180 valence electrons. The van der Waals surface area contributed by atoms with Gasteiger partial charge in [-0.3, -0.25) is 4.79 Å². The van der Waals surface area contributed by atoms with Crippen molar-refractivity contribution in [3.63, 3.8) is 0 Å². The van der Waals surface area contributed by atoms with Crippen molar-refractivity contribution in [2.75, 3.05) is 18.4 Å². The van der Waals surface area contributed by atoms with Crippen LogP contribution in [0, 0.1) is 19.8 Å². The molecule has 1 amide bonds. The van der Waals surface area contributed by atoms with Gasteiger partial charge in [0.15, 0.2) is 11.4 Å². The molecule has 7 nitrogen and oxygen atoms in total. The summed E-state index contributed by atoms with van der Waals surface area (Å²) in [5, 5.41) is 3.93. The van der Waals surface area contributed by atoms with Crippen molar-refractivity contribution in [1.82, 2.24) is 19.9 Å². The molecule has 5 rings (SSSR count). The second kappa shape index (κ2) is 9.66. The summed E-state index contributed by atoms with van der Waals surface area (Å²) in [5.74, 6) is 0.886. The molecular weight excluding hydrogens is 462 g/mol. The van der Waals surface area contributed by atoms with Gasteiger partial charge < -0.3 is 14.6 Å². The average Bonchev–Trinajstić information content (AvgIpc) is 3.24. The Kier molecular flexibility index (Phi) is 6.43. The van der Waals surface area contributed by atoms with Gasteiger partial charge in [0.1, 0.15) is 5.52 Å². The van der Waals surface area contributed by atoms with E-state index in [2.05, 4.69) is 27.2 Å². The maximum Gasteiger partial charge on any atom is 0.295 e. The van der Waals surface area contributed by atoms with Crippen LogP contribution in [0.1, 0.15) is 41.4 Å². The van der Waals surface area contributed by atoms with Gasteiger partial charge in [-0.25, -0.2) is 9.97 Å². The number of aromatic nitrogens is 3. The third-order valence-corrected chi connectivity index (χ3v) is 6.86. The van der Waals surface area contributed by atoms with Gasteiger partial charge >= 0.3 is 0 Å². The van der Waals surface area contributed by atoms with Crippen LogP contribution in [0.15, 0.2) is 53.1 Å². The van der Waals surface area contributed by atoms with Gasteiger partial charge in [-0.05, 0) is 62.9 Å². The highest BCUT2D eigenvalue weighted by atomic mass is 35.5. The summed E-state index contributed by atoms with van der Waals surface area (Å²) in [6, 6.07) is 13.5. The third-order valence-electron chi connectivity index (χ3n) is 6.63. The Morgan fingerprint density at radius 2 is 2.03 bits per heavy atom. The number of carbonyl (C=O) groups is 1. The van der Waals surface area contributed by atoms with E-state index in [-0.39, 0.29) is 11.9 Å². The van der Waals surface area contributed by atoms with Gasteiger partial charge in [0.25, 0.3) is 11.9 Å². The van der Waals surface area contributed by atoms with Crippen LogP contribution in [0.2, 0.25) is 5.02 Å². The number of nitrogens with one attached hydrogen (secondary N) is 1. The highest BCUT2D eigenvalue weighted by Crippen LogP contribution is 2.30. The number of likely N-dealkylation sites (tertiary alicyclic amines) is 1. The Hall–Kier alpha value is -3.45. The van der Waals surface area contributed by atoms with Crippen LogP contribution in [0.25, 0.3) is 22.5 Å². The van der Waals surface area contributed by atoms with E-state index in [1.807, 2.05) is 49.1 Å². The summed E-state index contributed by atoms with van der Waals surface area (Å²) >= 11 is 6.08. The minimum absolute atomic E-state index is 0.00324. The topological polar surface area (TPSA) is 84.2 Å². The molecule has 1 fully saturated rings. The highest BCUT2D eigenvalue weighted by Gasteiger charge is 2.33. The number of aryl methyl sites for hydroxylation is 2.